The first-order valence-corrected chi connectivity index (χ1v) is 20.3. The third kappa shape index (κ3) is 6.28. The molecule has 0 spiro atoms. The highest BCUT2D eigenvalue weighted by Crippen LogP contribution is 2.43. The van der Waals surface area contributed by atoms with Crippen LogP contribution in [0.4, 0.5) is 11.4 Å². The summed E-state index contributed by atoms with van der Waals surface area (Å²) in [6.45, 7) is 0. The van der Waals surface area contributed by atoms with E-state index < -0.39 is 0 Å². The normalized spacial score (nSPS) is 14.0. The van der Waals surface area contributed by atoms with E-state index in [-0.39, 0.29) is 6.17 Å². The van der Waals surface area contributed by atoms with E-state index >= 15 is 0 Å². The summed E-state index contributed by atoms with van der Waals surface area (Å²) in [6, 6.07) is 62.0. The summed E-state index contributed by atoms with van der Waals surface area (Å²) in [5, 5.41) is 13.7. The van der Waals surface area contributed by atoms with Crippen molar-refractivity contribution in [3.8, 4) is 22.3 Å². The van der Waals surface area contributed by atoms with Gasteiger partial charge in [0, 0.05) is 33.9 Å². The van der Waals surface area contributed by atoms with Crippen molar-refractivity contribution < 1.29 is 4.76 Å². The van der Waals surface area contributed by atoms with Gasteiger partial charge in [0.2, 0.25) is 0 Å². The predicted molar refractivity (Wildman–Crippen MR) is 251 cm³/mol. The van der Waals surface area contributed by atoms with Crippen molar-refractivity contribution in [2.45, 2.75) is 6.17 Å². The Morgan fingerprint density at radius 2 is 1.07 bits per heavy atom. The van der Waals surface area contributed by atoms with Crippen LogP contribution < -0.4 is 8.43 Å². The van der Waals surface area contributed by atoms with Crippen molar-refractivity contribution in [1.82, 2.24) is 5.32 Å². The molecule has 9 aromatic carbocycles. The molecule has 1 unspecified atom stereocenters. The van der Waals surface area contributed by atoms with Gasteiger partial charge in [-0.25, -0.2) is 9.98 Å². The first kappa shape index (κ1) is 35.7. The summed E-state index contributed by atoms with van der Waals surface area (Å²) < 4.78 is 2.83. The molecule has 1 heterocycles. The zero-order valence-electron chi connectivity index (χ0n) is 31.9. The Kier molecular flexibility index (Phi) is 9.02. The number of nitroso groups, excluding NO2 is 1. The van der Waals surface area contributed by atoms with E-state index in [2.05, 4.69) is 168 Å². The molecule has 0 amide bonds. The molecule has 1 aliphatic heterocycles. The Bertz CT molecular complexity index is 3140. The molecule has 10 rings (SSSR count). The Balaban J connectivity index is 1.05. The van der Waals surface area contributed by atoms with Crippen LogP contribution in [0.5, 0.6) is 0 Å². The van der Waals surface area contributed by atoms with Crippen molar-refractivity contribution in [2.75, 3.05) is 17.2 Å². The van der Waals surface area contributed by atoms with Gasteiger partial charge in [0.05, 0.1) is 22.9 Å². The van der Waals surface area contributed by atoms with Gasteiger partial charge in [-0.3, -0.25) is 0 Å². The molecule has 0 fully saturated rings. The lowest BCUT2D eigenvalue weighted by molar-refractivity contribution is -0.427. The smallest absolute Gasteiger partial charge is 0.279 e. The van der Waals surface area contributed by atoms with E-state index in [0.29, 0.717) is 11.5 Å². The second-order valence-corrected chi connectivity index (χ2v) is 16.1. The van der Waals surface area contributed by atoms with Crippen LogP contribution in [-0.2, 0) is 0 Å². The number of rotatable bonds is 7. The number of aliphatic imine (C=N–C) groups is 2. The number of amidine groups is 2. The van der Waals surface area contributed by atoms with Gasteiger partial charge in [-0.05, 0) is 89.1 Å². The number of nitrogens with zero attached hydrogens (tertiary/aromatic N) is 4. The van der Waals surface area contributed by atoms with E-state index in [4.69, 9.17) is 9.98 Å². The standard InChI is InChI=1S/C51H37IN5O/c1-56(52)47-30-37(28-29-46(47)57(2)58)32-20-24-35(25-21-32)50-53-49(34-12-4-3-5-13-34)54-51(55-50)36-26-22-33(23-27-36)44-31-45-40-16-7-6-14-38(40)39-15-8-10-18-42(39)48(45)43-19-11-9-17-41(43)44/h3-31,49H,1-2H3,(H,53,54,55)/q+1. The molecule has 0 saturated carbocycles. The van der Waals surface area contributed by atoms with E-state index in [1.807, 2.05) is 46.6 Å². The predicted octanol–water partition coefficient (Wildman–Crippen LogP) is 13.0. The molecular formula is C51H37IN5O+. The molecule has 9 aromatic rings. The molecule has 58 heavy (non-hydrogen) atoms. The lowest BCUT2D eigenvalue weighted by Crippen LogP contribution is -2.33. The van der Waals surface area contributed by atoms with Gasteiger partial charge >= 0.3 is 0 Å². The zero-order valence-corrected chi connectivity index (χ0v) is 34.1. The molecule has 1 atom stereocenters. The first-order valence-electron chi connectivity index (χ1n) is 19.3. The van der Waals surface area contributed by atoms with Crippen molar-refractivity contribution in [3.63, 3.8) is 0 Å². The number of fused-ring (bicyclic) bond motifs is 8. The highest BCUT2D eigenvalue weighted by atomic mass is 127. The van der Waals surface area contributed by atoms with Crippen molar-refractivity contribution >= 4 is 89.0 Å². The minimum Gasteiger partial charge on any atom is -0.344 e. The Labute approximate surface area is 350 Å². The molecule has 0 aromatic heterocycles. The van der Waals surface area contributed by atoms with Gasteiger partial charge in [0.15, 0.2) is 12.9 Å². The topological polar surface area (TPSA) is 60.1 Å². The molecule has 1 N–H and O–H groups in total. The lowest BCUT2D eigenvalue weighted by atomic mass is 9.87. The molecule has 0 aliphatic carbocycles. The van der Waals surface area contributed by atoms with Gasteiger partial charge in [-0.1, -0.05) is 152 Å². The third-order valence-corrected chi connectivity index (χ3v) is 11.7. The van der Waals surface area contributed by atoms with Crippen LogP contribution in [0.1, 0.15) is 22.9 Å². The van der Waals surface area contributed by atoms with E-state index in [9.17, 15) is 4.91 Å². The maximum Gasteiger partial charge on any atom is 0.279 e. The van der Waals surface area contributed by atoms with E-state index in [1.165, 1.54) is 55.7 Å². The molecular weight excluding hydrogens is 825 g/mol. The Hall–Kier alpha value is -6.71. The Morgan fingerprint density at radius 3 is 1.72 bits per heavy atom. The van der Waals surface area contributed by atoms with Crippen LogP contribution in [0.2, 0.25) is 0 Å². The summed E-state index contributed by atoms with van der Waals surface area (Å²) in [6.07, 6.45) is -0.311. The third-order valence-electron chi connectivity index (χ3n) is 11.2. The maximum atomic E-state index is 12.2. The van der Waals surface area contributed by atoms with Gasteiger partial charge in [-0.15, -0.1) is 0 Å². The van der Waals surface area contributed by atoms with Crippen LogP contribution in [0.3, 0.4) is 0 Å². The fourth-order valence-electron chi connectivity index (χ4n) is 8.37. The average Bonchev–Trinajstić information content (AvgIpc) is 3.28. The summed E-state index contributed by atoms with van der Waals surface area (Å²) in [4.78, 5) is 22.5. The van der Waals surface area contributed by atoms with Gasteiger partial charge in [-0.2, -0.15) is 0 Å². The van der Waals surface area contributed by atoms with E-state index in [1.54, 1.807) is 0 Å². The molecule has 7 heteroatoms. The molecule has 0 bridgehead atoms. The quantitative estimate of drug-likeness (QED) is 0.0751. The monoisotopic (exact) mass is 862 g/mol. The van der Waals surface area contributed by atoms with Gasteiger partial charge < -0.3 is 8.43 Å². The SMILES string of the molecule is CN(I)c1cc(-c2ccc(C3=NC(c4ccc(-c5cc6c7ccccc7c7ccccc7c6c6ccccc56)cc4)=NC(c4ccccc4)N3)cc2)ccc1[N+](C)=O. The minimum atomic E-state index is -0.311. The van der Waals surface area contributed by atoms with Crippen LogP contribution in [0.25, 0.3) is 65.3 Å². The molecule has 1 aliphatic rings. The Morgan fingerprint density at radius 1 is 0.552 bits per heavy atom. The summed E-state index contributed by atoms with van der Waals surface area (Å²) >= 11 is 2.20. The minimum absolute atomic E-state index is 0.311. The number of anilines is 1. The fraction of sp³-hybridized carbons (Fsp3) is 0.0588. The van der Waals surface area contributed by atoms with Crippen LogP contribution in [0.15, 0.2) is 186 Å². The largest absolute Gasteiger partial charge is 0.344 e. The number of nitrogens with one attached hydrogen (secondary N) is 1. The first-order chi connectivity index (χ1) is 28.4. The number of hydrogen-bond donors (Lipinski definition) is 1. The summed E-state index contributed by atoms with van der Waals surface area (Å²) in [5.41, 5.74) is 8.84. The summed E-state index contributed by atoms with van der Waals surface area (Å²) in [5.74, 6) is 1.43. The lowest BCUT2D eigenvalue weighted by Gasteiger charge is -2.24. The number of benzene rings is 9. The van der Waals surface area contributed by atoms with Gasteiger partial charge in [0.25, 0.3) is 5.69 Å². The van der Waals surface area contributed by atoms with Crippen molar-refractivity contribution in [1.29, 1.82) is 0 Å². The highest BCUT2D eigenvalue weighted by Gasteiger charge is 2.23. The van der Waals surface area contributed by atoms with Crippen molar-refractivity contribution in [2.24, 2.45) is 9.98 Å². The fourth-order valence-corrected chi connectivity index (χ4v) is 8.76. The molecule has 278 valence electrons. The zero-order chi connectivity index (χ0) is 39.3. The molecule has 6 nitrogen and oxygen atoms in total. The summed E-state index contributed by atoms with van der Waals surface area (Å²) in [7, 11) is 3.46. The number of hydrogen-bond acceptors (Lipinski definition) is 5. The molecule has 0 radical (unpaired) electrons. The second kappa shape index (κ2) is 14.7. The van der Waals surface area contributed by atoms with E-state index in [0.717, 1.165) is 49.7 Å². The second-order valence-electron chi connectivity index (χ2n) is 14.7. The maximum absolute atomic E-state index is 12.2. The average molecular weight is 863 g/mol. The van der Waals surface area contributed by atoms with Gasteiger partial charge in [0.1, 0.15) is 17.7 Å². The van der Waals surface area contributed by atoms with Crippen molar-refractivity contribution in [3.05, 3.63) is 198 Å². The molecule has 0 saturated heterocycles. The van der Waals surface area contributed by atoms with Crippen LogP contribution in [0, 0.1) is 4.91 Å². The van der Waals surface area contributed by atoms with Crippen LogP contribution in [-0.4, -0.2) is 30.5 Å². The number of halogens is 1. The van der Waals surface area contributed by atoms with Crippen LogP contribution >= 0.6 is 22.9 Å². The highest BCUT2D eigenvalue weighted by molar-refractivity contribution is 14.1.